The molecule has 0 N–H and O–H groups in total. The monoisotopic (exact) mass is 756 g/mol. The van der Waals surface area contributed by atoms with Gasteiger partial charge in [-0.1, -0.05) is 153 Å². The molecule has 2 nitrogen and oxygen atoms in total. The van der Waals surface area contributed by atoms with Gasteiger partial charge in [-0.2, -0.15) is 0 Å². The standard InChI is InChI=1S/C57H44N2/c1-57(2)53-19-11-9-17-49(53)51-37-52-50-18-10-12-20-55(50)59(56(52)38-54(51)57)48-35-27-44(28-36-48)43-25-33-47(34-26-43)58(45-29-21-41(22-30-45)39-13-5-3-6-14-39)46-31-23-42(24-32-46)40-15-7-4-8-16-40/h3-9,11-17,19-38H,10,18H2,1-2H3. The molecule has 1 heterocycles. The van der Waals surface area contributed by atoms with Crippen molar-refractivity contribution < 1.29 is 0 Å². The van der Waals surface area contributed by atoms with Gasteiger partial charge in [-0.05, 0) is 141 Å². The summed E-state index contributed by atoms with van der Waals surface area (Å²) < 4.78 is 2.50. The summed E-state index contributed by atoms with van der Waals surface area (Å²) >= 11 is 0. The van der Waals surface area contributed by atoms with Gasteiger partial charge in [-0.3, -0.25) is 0 Å². The minimum absolute atomic E-state index is 0.0472. The van der Waals surface area contributed by atoms with Crippen LogP contribution in [0.3, 0.4) is 0 Å². The minimum atomic E-state index is -0.0472. The van der Waals surface area contributed by atoms with Gasteiger partial charge >= 0.3 is 0 Å². The van der Waals surface area contributed by atoms with Crippen LogP contribution in [0.2, 0.25) is 0 Å². The Balaban J connectivity index is 0.939. The van der Waals surface area contributed by atoms with Crippen LogP contribution in [-0.4, -0.2) is 4.57 Å². The maximum atomic E-state index is 2.50. The molecule has 2 aliphatic carbocycles. The first-order valence-corrected chi connectivity index (χ1v) is 20.8. The average molecular weight is 757 g/mol. The van der Waals surface area contributed by atoms with Crippen LogP contribution in [-0.2, 0) is 11.8 Å². The van der Waals surface area contributed by atoms with Crippen molar-refractivity contribution in [3.63, 3.8) is 0 Å². The summed E-state index contributed by atoms with van der Waals surface area (Å²) in [5, 5.41) is 1.38. The van der Waals surface area contributed by atoms with E-state index in [0.717, 1.165) is 29.9 Å². The summed E-state index contributed by atoms with van der Waals surface area (Å²) in [6.07, 6.45) is 6.82. The van der Waals surface area contributed by atoms with Gasteiger partial charge in [0.2, 0.25) is 0 Å². The quantitative estimate of drug-likeness (QED) is 0.157. The Morgan fingerprint density at radius 3 is 1.47 bits per heavy atom. The second-order valence-corrected chi connectivity index (χ2v) is 16.5. The third-order valence-electron chi connectivity index (χ3n) is 12.7. The van der Waals surface area contributed by atoms with Crippen LogP contribution in [0.5, 0.6) is 0 Å². The zero-order valence-electron chi connectivity index (χ0n) is 33.4. The van der Waals surface area contributed by atoms with Crippen molar-refractivity contribution in [1.82, 2.24) is 4.57 Å². The van der Waals surface area contributed by atoms with Crippen molar-refractivity contribution >= 4 is 34.0 Å². The Labute approximate surface area is 347 Å². The summed E-state index contributed by atoms with van der Waals surface area (Å²) in [5.41, 5.74) is 21.4. The van der Waals surface area contributed by atoms with Gasteiger partial charge in [-0.25, -0.2) is 0 Å². The molecule has 0 saturated carbocycles. The smallest absolute Gasteiger partial charge is 0.0541 e. The summed E-state index contributed by atoms with van der Waals surface area (Å²) in [6, 6.07) is 71.1. The van der Waals surface area contributed by atoms with Crippen molar-refractivity contribution in [1.29, 1.82) is 0 Å². The van der Waals surface area contributed by atoms with Crippen LogP contribution in [0, 0.1) is 0 Å². The van der Waals surface area contributed by atoms with Gasteiger partial charge in [-0.15, -0.1) is 0 Å². The van der Waals surface area contributed by atoms with Crippen LogP contribution >= 0.6 is 0 Å². The highest BCUT2D eigenvalue weighted by molar-refractivity contribution is 5.98. The molecule has 2 heteroatoms. The molecule has 282 valence electrons. The van der Waals surface area contributed by atoms with Gasteiger partial charge < -0.3 is 9.47 Å². The number of rotatable bonds is 7. The van der Waals surface area contributed by atoms with Gasteiger partial charge in [0.15, 0.2) is 0 Å². The molecule has 8 aromatic carbocycles. The molecule has 1 aromatic heterocycles. The lowest BCUT2D eigenvalue weighted by molar-refractivity contribution is 0.661. The number of hydrogen-bond donors (Lipinski definition) is 0. The molecule has 0 saturated heterocycles. The molecule has 59 heavy (non-hydrogen) atoms. The van der Waals surface area contributed by atoms with E-state index in [0.29, 0.717) is 0 Å². The fourth-order valence-corrected chi connectivity index (χ4v) is 9.62. The van der Waals surface area contributed by atoms with E-state index in [-0.39, 0.29) is 5.41 Å². The first-order chi connectivity index (χ1) is 29.0. The Kier molecular flexibility index (Phi) is 8.34. The number of fused-ring (bicyclic) bond motifs is 6. The van der Waals surface area contributed by atoms with E-state index in [4.69, 9.17) is 0 Å². The van der Waals surface area contributed by atoms with Crippen LogP contribution < -0.4 is 4.90 Å². The predicted octanol–water partition coefficient (Wildman–Crippen LogP) is 15.4. The lowest BCUT2D eigenvalue weighted by atomic mass is 9.82. The number of aryl methyl sites for hydroxylation is 1. The normalized spacial score (nSPS) is 13.5. The molecule has 0 radical (unpaired) electrons. The predicted molar refractivity (Wildman–Crippen MR) is 249 cm³/mol. The van der Waals surface area contributed by atoms with Crippen molar-refractivity contribution in [2.24, 2.45) is 0 Å². The number of hydrogen-bond acceptors (Lipinski definition) is 1. The Morgan fingerprint density at radius 2 is 0.932 bits per heavy atom. The van der Waals surface area contributed by atoms with Gasteiger partial charge in [0, 0.05) is 39.2 Å². The first kappa shape index (κ1) is 35.0. The number of benzene rings is 8. The molecule has 0 atom stereocenters. The van der Waals surface area contributed by atoms with E-state index >= 15 is 0 Å². The van der Waals surface area contributed by atoms with Gasteiger partial charge in [0.25, 0.3) is 0 Å². The Hall–Kier alpha value is -7.16. The topological polar surface area (TPSA) is 8.17 Å². The second kappa shape index (κ2) is 14.0. The third kappa shape index (κ3) is 5.94. The lowest BCUT2D eigenvalue weighted by Crippen LogP contribution is -2.15. The van der Waals surface area contributed by atoms with E-state index in [2.05, 4.69) is 230 Å². The van der Waals surface area contributed by atoms with Crippen molar-refractivity contribution in [3.05, 3.63) is 223 Å². The minimum Gasteiger partial charge on any atom is -0.311 e. The molecular formula is C57H44N2. The third-order valence-corrected chi connectivity index (χ3v) is 12.7. The average Bonchev–Trinajstić information content (AvgIpc) is 3.74. The van der Waals surface area contributed by atoms with Gasteiger partial charge in [0.1, 0.15) is 0 Å². The highest BCUT2D eigenvalue weighted by Crippen LogP contribution is 2.51. The second-order valence-electron chi connectivity index (χ2n) is 16.5. The number of allylic oxidation sites excluding steroid dienone is 1. The van der Waals surface area contributed by atoms with Crippen LogP contribution in [0.4, 0.5) is 17.1 Å². The molecule has 0 fully saturated rings. The van der Waals surface area contributed by atoms with Crippen LogP contribution in [0.1, 0.15) is 42.7 Å². The molecule has 2 aliphatic rings. The summed E-state index contributed by atoms with van der Waals surface area (Å²) in [7, 11) is 0. The van der Waals surface area contributed by atoms with E-state index in [1.54, 1.807) is 0 Å². The van der Waals surface area contributed by atoms with E-state index in [9.17, 15) is 0 Å². The van der Waals surface area contributed by atoms with Crippen LogP contribution in [0.15, 0.2) is 200 Å². The summed E-state index contributed by atoms with van der Waals surface area (Å²) in [6.45, 7) is 4.75. The molecule has 11 rings (SSSR count). The first-order valence-electron chi connectivity index (χ1n) is 20.8. The number of anilines is 3. The largest absolute Gasteiger partial charge is 0.311 e. The van der Waals surface area contributed by atoms with Crippen molar-refractivity contribution in [3.8, 4) is 50.2 Å². The molecule has 0 bridgehead atoms. The zero-order valence-corrected chi connectivity index (χ0v) is 33.4. The highest BCUT2D eigenvalue weighted by atomic mass is 15.1. The van der Waals surface area contributed by atoms with E-state index < -0.39 is 0 Å². The van der Waals surface area contributed by atoms with Crippen LogP contribution in [0.25, 0.3) is 67.2 Å². The van der Waals surface area contributed by atoms with E-state index in [1.165, 1.54) is 83.5 Å². The van der Waals surface area contributed by atoms with E-state index in [1.807, 2.05) is 0 Å². The highest BCUT2D eigenvalue weighted by Gasteiger charge is 2.36. The zero-order chi connectivity index (χ0) is 39.5. The maximum Gasteiger partial charge on any atom is 0.0541 e. The maximum absolute atomic E-state index is 2.50. The molecular weight excluding hydrogens is 713 g/mol. The Morgan fingerprint density at radius 1 is 0.458 bits per heavy atom. The Bertz CT molecular complexity index is 2920. The van der Waals surface area contributed by atoms with Gasteiger partial charge in [0.05, 0.1) is 5.52 Å². The molecule has 0 spiro atoms. The number of nitrogens with zero attached hydrogens (tertiary/aromatic N) is 2. The summed E-state index contributed by atoms with van der Waals surface area (Å²) in [4.78, 5) is 2.35. The molecule has 0 aliphatic heterocycles. The number of aromatic nitrogens is 1. The SMILES string of the molecule is CC1(C)c2ccccc2-c2cc3c4c(n(-c5ccc(-c6ccc(N(c7ccc(-c8ccccc8)cc7)c7ccc(-c8ccccc8)cc7)cc6)cc5)c3cc21)C=CCC4. The molecule has 0 amide bonds. The summed E-state index contributed by atoms with van der Waals surface area (Å²) in [5.74, 6) is 0. The fraction of sp³-hybridized carbons (Fsp3) is 0.0877. The van der Waals surface area contributed by atoms with Crippen molar-refractivity contribution in [2.75, 3.05) is 4.90 Å². The lowest BCUT2D eigenvalue weighted by Gasteiger charge is -2.26. The molecule has 0 unspecified atom stereocenters. The molecule has 9 aromatic rings. The van der Waals surface area contributed by atoms with Crippen molar-refractivity contribution in [2.45, 2.75) is 32.1 Å². The fourth-order valence-electron chi connectivity index (χ4n) is 9.62.